The quantitative estimate of drug-likeness (QED) is 0.747. The van der Waals surface area contributed by atoms with Gasteiger partial charge in [-0.15, -0.1) is 11.3 Å². The second kappa shape index (κ2) is 5.55. The zero-order valence-electron chi connectivity index (χ0n) is 10.7. The topological polar surface area (TPSA) is 60.9 Å². The van der Waals surface area contributed by atoms with Crippen LogP contribution in [0.4, 0.5) is 0 Å². The van der Waals surface area contributed by atoms with Crippen LogP contribution in [-0.2, 0) is 6.54 Å². The molecule has 0 amide bonds. The van der Waals surface area contributed by atoms with E-state index in [1.165, 1.54) is 22.2 Å². The second-order valence-corrected chi connectivity index (χ2v) is 6.30. The zero-order chi connectivity index (χ0) is 15.0. The summed E-state index contributed by atoms with van der Waals surface area (Å²) in [5.74, 6) is 0. The van der Waals surface area contributed by atoms with Gasteiger partial charge in [-0.05, 0) is 17.7 Å². The standard InChI is InChI=1S/C14H10ClN3OS2/c15-9-3-1-8(2-4-9)10-6-21-13-12(10)14(19)18(7-17-13)5-11(16)20/h1-4,6-7H,5H2,(H2,16,20). The van der Waals surface area contributed by atoms with Crippen molar-refractivity contribution in [1.29, 1.82) is 0 Å². The third-order valence-corrected chi connectivity index (χ3v) is 4.31. The lowest BCUT2D eigenvalue weighted by molar-refractivity contribution is 0.796. The van der Waals surface area contributed by atoms with Gasteiger partial charge in [-0.2, -0.15) is 0 Å². The van der Waals surface area contributed by atoms with Crippen molar-refractivity contribution in [3.05, 3.63) is 51.3 Å². The minimum absolute atomic E-state index is 0.140. The first-order valence-corrected chi connectivity index (χ1v) is 7.74. The van der Waals surface area contributed by atoms with Gasteiger partial charge in [0.25, 0.3) is 5.56 Å². The summed E-state index contributed by atoms with van der Waals surface area (Å²) in [6, 6.07) is 7.36. The summed E-state index contributed by atoms with van der Waals surface area (Å²) in [6.07, 6.45) is 1.48. The minimum atomic E-state index is -0.140. The summed E-state index contributed by atoms with van der Waals surface area (Å²) >= 11 is 12.2. The maximum Gasteiger partial charge on any atom is 0.263 e. The first kappa shape index (κ1) is 14.2. The Balaban J connectivity index is 2.22. The molecule has 0 aliphatic heterocycles. The number of benzene rings is 1. The van der Waals surface area contributed by atoms with Crippen molar-refractivity contribution in [3.63, 3.8) is 0 Å². The average molecular weight is 336 g/mol. The first-order chi connectivity index (χ1) is 10.1. The minimum Gasteiger partial charge on any atom is -0.392 e. The van der Waals surface area contributed by atoms with Crippen molar-refractivity contribution in [3.8, 4) is 11.1 Å². The average Bonchev–Trinajstić information content (AvgIpc) is 2.87. The van der Waals surface area contributed by atoms with Crippen LogP contribution in [0, 0.1) is 0 Å². The molecular weight excluding hydrogens is 326 g/mol. The Morgan fingerprint density at radius 3 is 2.76 bits per heavy atom. The van der Waals surface area contributed by atoms with E-state index < -0.39 is 0 Å². The number of hydrogen-bond acceptors (Lipinski definition) is 4. The molecule has 21 heavy (non-hydrogen) atoms. The molecule has 0 saturated carbocycles. The Morgan fingerprint density at radius 2 is 2.10 bits per heavy atom. The lowest BCUT2D eigenvalue weighted by atomic mass is 10.1. The highest BCUT2D eigenvalue weighted by molar-refractivity contribution is 7.80. The van der Waals surface area contributed by atoms with Gasteiger partial charge in [0.1, 0.15) is 4.83 Å². The Morgan fingerprint density at radius 1 is 1.38 bits per heavy atom. The number of halogens is 1. The van der Waals surface area contributed by atoms with Crippen molar-refractivity contribution in [2.45, 2.75) is 6.54 Å². The molecule has 0 radical (unpaired) electrons. The van der Waals surface area contributed by atoms with Crippen LogP contribution in [-0.4, -0.2) is 14.5 Å². The predicted octanol–water partition coefficient (Wildman–Crippen LogP) is 3.06. The van der Waals surface area contributed by atoms with Crippen molar-refractivity contribution >= 4 is 50.4 Å². The summed E-state index contributed by atoms with van der Waals surface area (Å²) in [5, 5.41) is 3.16. The molecule has 2 aromatic heterocycles. The summed E-state index contributed by atoms with van der Waals surface area (Å²) in [7, 11) is 0. The molecule has 106 valence electrons. The number of thiocarbonyl (C=S) groups is 1. The fourth-order valence-electron chi connectivity index (χ4n) is 2.09. The van der Waals surface area contributed by atoms with E-state index in [0.717, 1.165) is 11.1 Å². The van der Waals surface area contributed by atoms with Gasteiger partial charge in [-0.25, -0.2) is 4.98 Å². The highest BCUT2D eigenvalue weighted by Gasteiger charge is 2.13. The Kier molecular flexibility index (Phi) is 3.75. The lowest BCUT2D eigenvalue weighted by Gasteiger charge is -2.05. The van der Waals surface area contributed by atoms with Crippen LogP contribution in [0.5, 0.6) is 0 Å². The van der Waals surface area contributed by atoms with E-state index in [1.807, 2.05) is 17.5 Å². The van der Waals surface area contributed by atoms with Crippen LogP contribution in [0.25, 0.3) is 21.3 Å². The van der Waals surface area contributed by atoms with Crippen molar-refractivity contribution in [2.24, 2.45) is 5.73 Å². The molecule has 2 heterocycles. The maximum atomic E-state index is 12.6. The molecule has 0 aliphatic carbocycles. The fourth-order valence-corrected chi connectivity index (χ4v) is 3.26. The van der Waals surface area contributed by atoms with Gasteiger partial charge in [-0.3, -0.25) is 9.36 Å². The summed E-state index contributed by atoms with van der Waals surface area (Å²) < 4.78 is 1.43. The number of aromatic nitrogens is 2. The number of fused-ring (bicyclic) bond motifs is 1. The van der Waals surface area contributed by atoms with Gasteiger partial charge in [0.15, 0.2) is 0 Å². The molecule has 0 bridgehead atoms. The smallest absolute Gasteiger partial charge is 0.263 e. The van der Waals surface area contributed by atoms with E-state index in [1.54, 1.807) is 12.1 Å². The number of nitrogens with zero attached hydrogens (tertiary/aromatic N) is 2. The molecule has 0 fully saturated rings. The Hall–Kier alpha value is -1.76. The van der Waals surface area contributed by atoms with E-state index >= 15 is 0 Å². The predicted molar refractivity (Wildman–Crippen MR) is 91.1 cm³/mol. The monoisotopic (exact) mass is 335 g/mol. The zero-order valence-corrected chi connectivity index (χ0v) is 13.1. The van der Waals surface area contributed by atoms with Crippen LogP contribution >= 0.6 is 35.2 Å². The van der Waals surface area contributed by atoms with Gasteiger partial charge < -0.3 is 5.73 Å². The summed E-state index contributed by atoms with van der Waals surface area (Å²) in [5.41, 5.74) is 7.15. The normalized spacial score (nSPS) is 10.9. The molecule has 0 unspecified atom stereocenters. The molecule has 2 N–H and O–H groups in total. The van der Waals surface area contributed by atoms with Crippen LogP contribution in [0.1, 0.15) is 0 Å². The van der Waals surface area contributed by atoms with Crippen molar-refractivity contribution in [2.75, 3.05) is 0 Å². The summed E-state index contributed by atoms with van der Waals surface area (Å²) in [4.78, 5) is 17.8. The van der Waals surface area contributed by atoms with Crippen LogP contribution in [0.3, 0.4) is 0 Å². The van der Waals surface area contributed by atoms with E-state index in [0.29, 0.717) is 15.2 Å². The second-order valence-electron chi connectivity index (χ2n) is 4.48. The van der Waals surface area contributed by atoms with Gasteiger partial charge >= 0.3 is 0 Å². The highest BCUT2D eigenvalue weighted by atomic mass is 35.5. The van der Waals surface area contributed by atoms with Crippen LogP contribution < -0.4 is 11.3 Å². The van der Waals surface area contributed by atoms with Crippen molar-refractivity contribution in [1.82, 2.24) is 9.55 Å². The molecule has 3 aromatic rings. The highest BCUT2D eigenvalue weighted by Crippen LogP contribution is 2.31. The molecule has 0 spiro atoms. The van der Waals surface area contributed by atoms with E-state index in [4.69, 9.17) is 29.6 Å². The number of hydrogen-bond donors (Lipinski definition) is 1. The van der Waals surface area contributed by atoms with E-state index in [2.05, 4.69) is 4.98 Å². The van der Waals surface area contributed by atoms with E-state index in [9.17, 15) is 4.79 Å². The molecule has 4 nitrogen and oxygen atoms in total. The van der Waals surface area contributed by atoms with Crippen LogP contribution in [0.2, 0.25) is 5.02 Å². The number of nitrogens with two attached hydrogens (primary N) is 1. The van der Waals surface area contributed by atoms with Crippen LogP contribution in [0.15, 0.2) is 40.8 Å². The summed E-state index contributed by atoms with van der Waals surface area (Å²) in [6.45, 7) is 0.188. The molecule has 7 heteroatoms. The molecule has 1 aromatic carbocycles. The third-order valence-electron chi connectivity index (χ3n) is 3.04. The van der Waals surface area contributed by atoms with E-state index in [-0.39, 0.29) is 17.1 Å². The number of thiophene rings is 1. The molecule has 0 aliphatic rings. The fraction of sp³-hybridized carbons (Fsp3) is 0.0714. The van der Waals surface area contributed by atoms with Crippen molar-refractivity contribution < 1.29 is 0 Å². The van der Waals surface area contributed by atoms with Gasteiger partial charge in [0, 0.05) is 16.0 Å². The lowest BCUT2D eigenvalue weighted by Crippen LogP contribution is -2.27. The molecular formula is C14H10ClN3OS2. The molecule has 0 saturated heterocycles. The maximum absolute atomic E-state index is 12.6. The molecule has 0 atom stereocenters. The number of rotatable bonds is 3. The third kappa shape index (κ3) is 2.70. The SMILES string of the molecule is NC(=S)Cn1cnc2scc(-c3ccc(Cl)cc3)c2c1=O. The molecule has 3 rings (SSSR count). The Bertz CT molecular complexity index is 883. The van der Waals surface area contributed by atoms with Gasteiger partial charge in [-0.1, -0.05) is 36.0 Å². The first-order valence-electron chi connectivity index (χ1n) is 6.07. The van der Waals surface area contributed by atoms with Gasteiger partial charge in [0.2, 0.25) is 0 Å². The Labute approximate surface area is 134 Å². The van der Waals surface area contributed by atoms with Gasteiger partial charge in [0.05, 0.1) is 23.2 Å². The largest absolute Gasteiger partial charge is 0.392 e.